The molecule has 11 heteroatoms. The van der Waals surface area contributed by atoms with Crippen molar-refractivity contribution in [2.24, 2.45) is 0 Å². The number of carbonyl (C=O) groups excluding carboxylic acids is 1. The van der Waals surface area contributed by atoms with Gasteiger partial charge in [0.25, 0.3) is 6.29 Å². The molecule has 4 heterocycles. The fourth-order valence-corrected chi connectivity index (χ4v) is 3.97. The molecule has 1 aromatic carbocycles. The first kappa shape index (κ1) is 20.5. The van der Waals surface area contributed by atoms with Crippen LogP contribution < -0.4 is 25.0 Å². The monoisotopic (exact) mass is 455 g/mol. The Balaban J connectivity index is 1.23. The van der Waals surface area contributed by atoms with Crippen LogP contribution in [0, 0.1) is 0 Å². The van der Waals surface area contributed by atoms with Crippen molar-refractivity contribution < 1.29 is 14.3 Å². The Hall–Kier alpha value is -3.37. The molecule has 1 fully saturated rings. The van der Waals surface area contributed by atoms with E-state index < -0.39 is 6.29 Å². The first-order chi connectivity index (χ1) is 15.7. The van der Waals surface area contributed by atoms with Crippen LogP contribution in [-0.4, -0.2) is 63.9 Å². The minimum Gasteiger partial charge on any atom is -0.449 e. The SMILES string of the molecule is O=C(CC1CNCCN1c1cc(Cl)nc(-n2ccnc2)n1)NCC1Oc2ccccc2O1. The second kappa shape index (κ2) is 9.01. The maximum absolute atomic E-state index is 12.7. The van der Waals surface area contributed by atoms with Crippen molar-refractivity contribution in [3.05, 3.63) is 54.2 Å². The van der Waals surface area contributed by atoms with Gasteiger partial charge in [0.2, 0.25) is 11.9 Å². The van der Waals surface area contributed by atoms with E-state index in [1.165, 1.54) is 0 Å². The van der Waals surface area contributed by atoms with Crippen molar-refractivity contribution in [1.29, 1.82) is 0 Å². The zero-order valence-electron chi connectivity index (χ0n) is 17.1. The highest BCUT2D eigenvalue weighted by Crippen LogP contribution is 2.33. The molecule has 0 saturated carbocycles. The summed E-state index contributed by atoms with van der Waals surface area (Å²) in [6, 6.07) is 9.07. The van der Waals surface area contributed by atoms with Crippen LogP contribution in [-0.2, 0) is 4.79 Å². The van der Waals surface area contributed by atoms with Gasteiger partial charge in [0.1, 0.15) is 17.3 Å². The molecule has 32 heavy (non-hydrogen) atoms. The highest BCUT2D eigenvalue weighted by molar-refractivity contribution is 6.29. The minimum atomic E-state index is -0.532. The van der Waals surface area contributed by atoms with Crippen LogP contribution in [0.1, 0.15) is 6.42 Å². The highest BCUT2D eigenvalue weighted by atomic mass is 35.5. The normalized spacial score (nSPS) is 18.0. The molecular weight excluding hydrogens is 434 g/mol. The zero-order chi connectivity index (χ0) is 21.9. The number of fused-ring (bicyclic) bond motifs is 1. The second-order valence-corrected chi connectivity index (χ2v) is 7.88. The molecule has 2 aliphatic rings. The number of halogens is 1. The van der Waals surface area contributed by atoms with Crippen molar-refractivity contribution in [3.8, 4) is 17.4 Å². The molecule has 1 saturated heterocycles. The Labute approximate surface area is 189 Å². The third-order valence-corrected chi connectivity index (χ3v) is 5.50. The summed E-state index contributed by atoms with van der Waals surface area (Å²) < 4.78 is 13.1. The van der Waals surface area contributed by atoms with Gasteiger partial charge in [-0.2, -0.15) is 4.98 Å². The predicted molar refractivity (Wildman–Crippen MR) is 117 cm³/mol. The van der Waals surface area contributed by atoms with Gasteiger partial charge < -0.3 is 25.0 Å². The number of ether oxygens (including phenoxy) is 2. The molecule has 2 aromatic heterocycles. The Morgan fingerprint density at radius 1 is 1.25 bits per heavy atom. The topological polar surface area (TPSA) is 106 Å². The Bertz CT molecular complexity index is 1070. The minimum absolute atomic E-state index is 0.0898. The third kappa shape index (κ3) is 4.46. The van der Waals surface area contributed by atoms with Gasteiger partial charge >= 0.3 is 0 Å². The van der Waals surface area contributed by atoms with Gasteiger partial charge in [-0.25, -0.2) is 9.97 Å². The van der Waals surface area contributed by atoms with E-state index in [9.17, 15) is 4.79 Å². The van der Waals surface area contributed by atoms with Crippen LogP contribution in [0.25, 0.3) is 5.95 Å². The summed E-state index contributed by atoms with van der Waals surface area (Å²) in [6.45, 7) is 2.38. The lowest BCUT2D eigenvalue weighted by Gasteiger charge is -2.37. The van der Waals surface area contributed by atoms with E-state index in [1.807, 2.05) is 24.3 Å². The average molecular weight is 456 g/mol. The number of para-hydroxylation sites is 2. The molecule has 1 amide bonds. The fourth-order valence-electron chi connectivity index (χ4n) is 3.80. The van der Waals surface area contributed by atoms with Crippen LogP contribution in [0.2, 0.25) is 5.15 Å². The fraction of sp³-hybridized carbons (Fsp3) is 0.333. The van der Waals surface area contributed by atoms with E-state index in [-0.39, 0.29) is 24.9 Å². The molecule has 10 nitrogen and oxygen atoms in total. The quantitative estimate of drug-likeness (QED) is 0.537. The maximum Gasteiger partial charge on any atom is 0.258 e. The summed E-state index contributed by atoms with van der Waals surface area (Å²) in [5.41, 5.74) is 0. The molecular formula is C21H22ClN7O3. The van der Waals surface area contributed by atoms with Gasteiger partial charge in [0, 0.05) is 44.5 Å². The van der Waals surface area contributed by atoms with Crippen molar-refractivity contribution >= 4 is 23.3 Å². The van der Waals surface area contributed by atoms with Gasteiger partial charge in [0.05, 0.1) is 12.6 Å². The van der Waals surface area contributed by atoms with Gasteiger partial charge in [0.15, 0.2) is 11.5 Å². The molecule has 0 spiro atoms. The highest BCUT2D eigenvalue weighted by Gasteiger charge is 2.28. The Morgan fingerprint density at radius 3 is 2.81 bits per heavy atom. The van der Waals surface area contributed by atoms with Gasteiger partial charge in [-0.05, 0) is 12.1 Å². The standard InChI is InChI=1S/C21H22ClN7O3/c22-17-10-18(27-21(26-17)28-7-5-24-13-28)29-8-6-23-11-14(29)9-19(30)25-12-20-31-15-3-1-2-4-16(15)32-20/h1-5,7,10,13-14,20,23H,6,8-9,11-12H2,(H,25,30). The smallest absolute Gasteiger partial charge is 0.258 e. The number of benzene rings is 1. The number of piperazine rings is 1. The lowest BCUT2D eigenvalue weighted by molar-refractivity contribution is -0.122. The van der Waals surface area contributed by atoms with Crippen LogP contribution in [0.3, 0.4) is 0 Å². The average Bonchev–Trinajstić information content (AvgIpc) is 3.47. The van der Waals surface area contributed by atoms with Crippen LogP contribution in [0.5, 0.6) is 11.5 Å². The van der Waals surface area contributed by atoms with Gasteiger partial charge in [-0.15, -0.1) is 0 Å². The molecule has 5 rings (SSSR count). The van der Waals surface area contributed by atoms with E-state index in [4.69, 9.17) is 21.1 Å². The second-order valence-electron chi connectivity index (χ2n) is 7.49. The summed E-state index contributed by atoms with van der Waals surface area (Å²) in [4.78, 5) is 27.7. The number of nitrogens with zero attached hydrogens (tertiary/aromatic N) is 5. The van der Waals surface area contributed by atoms with E-state index >= 15 is 0 Å². The Kier molecular flexibility index (Phi) is 5.78. The summed E-state index contributed by atoms with van der Waals surface area (Å²) in [6.07, 6.45) is 4.77. The summed E-state index contributed by atoms with van der Waals surface area (Å²) in [5.74, 6) is 2.38. The predicted octanol–water partition coefficient (Wildman–Crippen LogP) is 1.40. The number of nitrogens with one attached hydrogen (secondary N) is 2. The largest absolute Gasteiger partial charge is 0.449 e. The molecule has 0 aliphatic carbocycles. The molecule has 166 valence electrons. The molecule has 1 atom stereocenters. The number of hydrogen-bond donors (Lipinski definition) is 2. The molecule has 2 aliphatic heterocycles. The van der Waals surface area contributed by atoms with Gasteiger partial charge in [-0.1, -0.05) is 23.7 Å². The number of rotatable bonds is 6. The number of imidazole rings is 1. The number of aromatic nitrogens is 4. The summed E-state index contributed by atoms with van der Waals surface area (Å²) in [7, 11) is 0. The Morgan fingerprint density at radius 2 is 2.06 bits per heavy atom. The number of amides is 1. The van der Waals surface area contributed by atoms with E-state index in [0.29, 0.717) is 41.5 Å². The lowest BCUT2D eigenvalue weighted by Crippen LogP contribution is -2.53. The molecule has 3 aromatic rings. The van der Waals surface area contributed by atoms with E-state index in [1.54, 1.807) is 29.4 Å². The van der Waals surface area contributed by atoms with Crippen molar-refractivity contribution in [2.75, 3.05) is 31.1 Å². The lowest BCUT2D eigenvalue weighted by atomic mass is 10.1. The van der Waals surface area contributed by atoms with Crippen molar-refractivity contribution in [2.45, 2.75) is 18.8 Å². The summed E-state index contributed by atoms with van der Waals surface area (Å²) >= 11 is 6.27. The van der Waals surface area contributed by atoms with Crippen LogP contribution in [0.15, 0.2) is 49.1 Å². The first-order valence-electron chi connectivity index (χ1n) is 10.3. The molecule has 0 radical (unpaired) electrons. The van der Waals surface area contributed by atoms with Gasteiger partial charge in [-0.3, -0.25) is 9.36 Å². The number of hydrogen-bond acceptors (Lipinski definition) is 8. The van der Waals surface area contributed by atoms with Crippen molar-refractivity contribution in [3.63, 3.8) is 0 Å². The number of carbonyl (C=O) groups is 1. The third-order valence-electron chi connectivity index (χ3n) is 5.30. The summed E-state index contributed by atoms with van der Waals surface area (Å²) in [5, 5.41) is 6.58. The van der Waals surface area contributed by atoms with Crippen LogP contribution >= 0.6 is 11.6 Å². The van der Waals surface area contributed by atoms with E-state index in [0.717, 1.165) is 6.54 Å². The first-order valence-corrected chi connectivity index (χ1v) is 10.7. The van der Waals surface area contributed by atoms with E-state index in [2.05, 4.69) is 30.5 Å². The number of anilines is 1. The zero-order valence-corrected chi connectivity index (χ0v) is 17.9. The molecule has 0 bridgehead atoms. The van der Waals surface area contributed by atoms with Crippen molar-refractivity contribution in [1.82, 2.24) is 30.2 Å². The van der Waals surface area contributed by atoms with Crippen LogP contribution in [0.4, 0.5) is 5.82 Å². The maximum atomic E-state index is 12.7. The molecule has 1 unspecified atom stereocenters. The molecule has 2 N–H and O–H groups in total.